The van der Waals surface area contributed by atoms with Gasteiger partial charge in [-0.05, 0) is 42.9 Å². The van der Waals surface area contributed by atoms with Gasteiger partial charge in [-0.15, -0.1) is 11.8 Å². The van der Waals surface area contributed by atoms with Crippen molar-refractivity contribution < 1.29 is 0 Å². The van der Waals surface area contributed by atoms with Gasteiger partial charge in [-0.25, -0.2) is 4.99 Å². The molecule has 29 heavy (non-hydrogen) atoms. The van der Waals surface area contributed by atoms with Crippen LogP contribution in [0.2, 0.25) is 5.02 Å². The van der Waals surface area contributed by atoms with E-state index in [2.05, 4.69) is 42.3 Å². The van der Waals surface area contributed by atoms with Gasteiger partial charge in [0.05, 0.1) is 28.3 Å². The molecule has 0 fully saturated rings. The summed E-state index contributed by atoms with van der Waals surface area (Å²) in [6.07, 6.45) is 10.2. The summed E-state index contributed by atoms with van der Waals surface area (Å²) in [6, 6.07) is 7.94. The highest BCUT2D eigenvalue weighted by Crippen LogP contribution is 2.30. The van der Waals surface area contributed by atoms with Crippen LogP contribution in [0.4, 0.5) is 5.69 Å². The first-order valence-corrected chi connectivity index (χ1v) is 11.1. The van der Waals surface area contributed by atoms with Gasteiger partial charge in [0.25, 0.3) is 0 Å². The van der Waals surface area contributed by atoms with Crippen LogP contribution >= 0.6 is 23.4 Å². The molecule has 0 saturated heterocycles. The Morgan fingerprint density at radius 3 is 2.69 bits per heavy atom. The average molecular weight is 427 g/mol. The SMILES string of the molecule is C=C1C(SCCc2ccccn2)=NC=CN1c1cnc(CCC(C)(C)C)c(Cl)c1. The molecule has 2 aromatic heterocycles. The van der Waals surface area contributed by atoms with Gasteiger partial charge in [-0.3, -0.25) is 9.97 Å². The largest absolute Gasteiger partial charge is 0.312 e. The maximum atomic E-state index is 6.53. The van der Waals surface area contributed by atoms with Crippen LogP contribution in [-0.2, 0) is 12.8 Å². The van der Waals surface area contributed by atoms with Gasteiger partial charge in [-0.1, -0.05) is 45.0 Å². The summed E-state index contributed by atoms with van der Waals surface area (Å²) in [5, 5.41) is 1.59. The molecule has 1 aliphatic rings. The highest BCUT2D eigenvalue weighted by molar-refractivity contribution is 8.14. The Kier molecular flexibility index (Phi) is 7.14. The highest BCUT2D eigenvalue weighted by atomic mass is 35.5. The quantitative estimate of drug-likeness (QED) is 0.544. The van der Waals surface area contributed by atoms with Crippen molar-refractivity contribution >= 4 is 34.1 Å². The Morgan fingerprint density at radius 2 is 2.00 bits per heavy atom. The predicted octanol–water partition coefficient (Wildman–Crippen LogP) is 6.29. The van der Waals surface area contributed by atoms with Crippen molar-refractivity contribution in [2.45, 2.75) is 40.0 Å². The van der Waals surface area contributed by atoms with Crippen LogP contribution in [-0.4, -0.2) is 20.8 Å². The molecule has 0 spiro atoms. The maximum Gasteiger partial charge on any atom is 0.119 e. The van der Waals surface area contributed by atoms with E-state index in [1.165, 1.54) is 0 Å². The molecule has 0 aliphatic carbocycles. The second-order valence-corrected chi connectivity index (χ2v) is 9.64. The first-order valence-electron chi connectivity index (χ1n) is 9.73. The number of aromatic nitrogens is 2. The number of anilines is 1. The maximum absolute atomic E-state index is 6.53. The van der Waals surface area contributed by atoms with Crippen molar-refractivity contribution in [2.75, 3.05) is 10.7 Å². The molecule has 0 radical (unpaired) electrons. The molecule has 2 aromatic rings. The molecule has 0 N–H and O–H groups in total. The lowest BCUT2D eigenvalue weighted by molar-refractivity contribution is 0.376. The first kappa shape index (κ1) is 21.6. The summed E-state index contributed by atoms with van der Waals surface area (Å²) < 4.78 is 0. The number of thioether (sulfide) groups is 1. The van der Waals surface area contributed by atoms with Gasteiger partial charge in [-0.2, -0.15) is 0 Å². The zero-order valence-corrected chi connectivity index (χ0v) is 18.8. The molecule has 0 amide bonds. The third-order valence-corrected chi connectivity index (χ3v) is 5.91. The second-order valence-electron chi connectivity index (χ2n) is 8.15. The Balaban J connectivity index is 1.62. The second kappa shape index (κ2) is 9.59. The molecular weight excluding hydrogens is 400 g/mol. The van der Waals surface area contributed by atoms with Gasteiger partial charge in [0.1, 0.15) is 5.04 Å². The Hall–Kier alpha value is -2.11. The summed E-state index contributed by atoms with van der Waals surface area (Å²) in [4.78, 5) is 15.5. The van der Waals surface area contributed by atoms with Gasteiger partial charge < -0.3 is 4.90 Å². The summed E-state index contributed by atoms with van der Waals surface area (Å²) >= 11 is 8.21. The normalized spacial score (nSPS) is 14.3. The van der Waals surface area contributed by atoms with Crippen molar-refractivity contribution in [3.8, 4) is 0 Å². The predicted molar refractivity (Wildman–Crippen MR) is 126 cm³/mol. The molecule has 3 rings (SSSR count). The van der Waals surface area contributed by atoms with Crippen LogP contribution in [0, 0.1) is 5.41 Å². The number of halogens is 1. The topological polar surface area (TPSA) is 41.4 Å². The first-order chi connectivity index (χ1) is 13.8. The summed E-state index contributed by atoms with van der Waals surface area (Å²) in [7, 11) is 0. The molecule has 0 unspecified atom stereocenters. The molecule has 0 aromatic carbocycles. The smallest absolute Gasteiger partial charge is 0.119 e. The fraction of sp³-hybridized carbons (Fsp3) is 0.348. The fourth-order valence-corrected chi connectivity index (χ4v) is 4.02. The van der Waals surface area contributed by atoms with E-state index in [1.807, 2.05) is 47.8 Å². The lowest BCUT2D eigenvalue weighted by Gasteiger charge is -2.26. The zero-order chi connectivity index (χ0) is 20.9. The van der Waals surface area contributed by atoms with Crippen LogP contribution in [0.3, 0.4) is 0 Å². The molecule has 4 nitrogen and oxygen atoms in total. The minimum absolute atomic E-state index is 0.255. The van der Waals surface area contributed by atoms with Crippen LogP contribution < -0.4 is 4.90 Å². The van der Waals surface area contributed by atoms with Crippen molar-refractivity contribution in [1.29, 1.82) is 0 Å². The van der Waals surface area contributed by atoms with Crippen molar-refractivity contribution in [1.82, 2.24) is 9.97 Å². The average Bonchev–Trinajstić information content (AvgIpc) is 2.68. The van der Waals surface area contributed by atoms with E-state index in [0.29, 0.717) is 5.02 Å². The lowest BCUT2D eigenvalue weighted by atomic mass is 9.90. The third-order valence-electron chi connectivity index (χ3n) is 4.56. The number of hydrogen-bond acceptors (Lipinski definition) is 5. The number of rotatable bonds is 6. The van der Waals surface area contributed by atoms with Crippen LogP contribution in [0.15, 0.2) is 66.3 Å². The van der Waals surface area contributed by atoms with E-state index in [0.717, 1.165) is 52.8 Å². The molecule has 0 saturated carbocycles. The molecule has 6 heteroatoms. The summed E-state index contributed by atoms with van der Waals surface area (Å²) in [5.74, 6) is 0.890. The molecule has 3 heterocycles. The third kappa shape index (κ3) is 6.18. The van der Waals surface area contributed by atoms with Crippen molar-refractivity contribution in [3.05, 3.63) is 77.7 Å². The number of aryl methyl sites for hydroxylation is 2. The minimum atomic E-state index is 0.255. The zero-order valence-electron chi connectivity index (χ0n) is 17.2. The Morgan fingerprint density at radius 1 is 1.17 bits per heavy atom. The lowest BCUT2D eigenvalue weighted by Crippen LogP contribution is -2.23. The minimum Gasteiger partial charge on any atom is -0.312 e. The van der Waals surface area contributed by atoms with Crippen LogP contribution in [0.1, 0.15) is 38.6 Å². The molecule has 1 aliphatic heterocycles. The number of hydrogen-bond donors (Lipinski definition) is 0. The van der Waals surface area contributed by atoms with Gasteiger partial charge in [0, 0.05) is 30.0 Å². The van der Waals surface area contributed by atoms with Gasteiger partial charge in [0.15, 0.2) is 0 Å². The van der Waals surface area contributed by atoms with Gasteiger partial charge >= 0.3 is 0 Å². The summed E-state index contributed by atoms with van der Waals surface area (Å²) in [6.45, 7) is 10.9. The molecular formula is C23H27ClN4S. The van der Waals surface area contributed by atoms with Crippen molar-refractivity contribution in [2.24, 2.45) is 10.4 Å². The van der Waals surface area contributed by atoms with E-state index >= 15 is 0 Å². The monoisotopic (exact) mass is 426 g/mol. The molecule has 0 bridgehead atoms. The Labute approximate surface area is 182 Å². The van der Waals surface area contributed by atoms with E-state index in [1.54, 1.807) is 18.0 Å². The van der Waals surface area contributed by atoms with Crippen LogP contribution in [0.25, 0.3) is 0 Å². The molecule has 0 atom stereocenters. The molecule has 152 valence electrons. The van der Waals surface area contributed by atoms with Gasteiger partial charge in [0.2, 0.25) is 0 Å². The fourth-order valence-electron chi connectivity index (χ4n) is 2.86. The summed E-state index contributed by atoms with van der Waals surface area (Å²) in [5.41, 5.74) is 4.00. The Bertz CT molecular complexity index is 916. The van der Waals surface area contributed by atoms with E-state index < -0.39 is 0 Å². The number of aliphatic imine (C=N–C) groups is 1. The number of nitrogens with zero attached hydrogens (tertiary/aromatic N) is 4. The number of pyridine rings is 2. The highest BCUT2D eigenvalue weighted by Gasteiger charge is 2.19. The van der Waals surface area contributed by atoms with E-state index in [-0.39, 0.29) is 5.41 Å². The van der Waals surface area contributed by atoms with E-state index in [4.69, 9.17) is 11.6 Å². The van der Waals surface area contributed by atoms with Crippen LogP contribution in [0.5, 0.6) is 0 Å². The van der Waals surface area contributed by atoms with E-state index in [9.17, 15) is 0 Å². The van der Waals surface area contributed by atoms with Crippen molar-refractivity contribution in [3.63, 3.8) is 0 Å². The standard InChI is InChI=1S/C23H27ClN4S/c1-17-22(29-14-9-18-7-5-6-11-25-18)26-12-13-28(17)19-15-20(24)21(27-16-19)8-10-23(2,3)4/h5-7,11-13,15-16H,1,8-10,14H2,2-4H3.